The molecule has 17 heavy (non-hydrogen) atoms. The number of aryl methyl sites for hydroxylation is 1. The summed E-state index contributed by atoms with van der Waals surface area (Å²) in [5.74, 6) is 0.844. The van der Waals surface area contributed by atoms with Gasteiger partial charge in [-0.3, -0.25) is 0 Å². The van der Waals surface area contributed by atoms with Crippen LogP contribution in [0, 0.1) is 6.92 Å². The van der Waals surface area contributed by atoms with E-state index >= 15 is 0 Å². The molecule has 88 valence electrons. The Morgan fingerprint density at radius 3 is 2.12 bits per heavy atom. The fourth-order valence-electron chi connectivity index (χ4n) is 1.63. The Morgan fingerprint density at radius 1 is 0.941 bits per heavy atom. The molecule has 0 amide bonds. The van der Waals surface area contributed by atoms with Crippen LogP contribution in [0.4, 0.5) is 11.4 Å². The molecule has 0 spiro atoms. The molecule has 0 saturated heterocycles. The van der Waals surface area contributed by atoms with Gasteiger partial charge in [0, 0.05) is 11.4 Å². The normalized spacial score (nSPS) is 10.2. The van der Waals surface area contributed by atoms with E-state index in [0.717, 1.165) is 11.3 Å². The average Bonchev–Trinajstić information content (AvgIpc) is 2.27. The van der Waals surface area contributed by atoms with Crippen LogP contribution in [0.2, 0.25) is 0 Å². The molecular formula is C14H16N2O. The van der Waals surface area contributed by atoms with Gasteiger partial charge in [-0.2, -0.15) is 0 Å². The molecule has 3 nitrogen and oxygen atoms in total. The predicted octanol–water partition coefficient (Wildman–Crippen LogP) is 2.74. The molecule has 0 aromatic heterocycles. The highest BCUT2D eigenvalue weighted by Gasteiger charge is 1.98. The molecule has 0 saturated carbocycles. The third-order valence-corrected chi connectivity index (χ3v) is 2.46. The quantitative estimate of drug-likeness (QED) is 0.794. The molecule has 0 atom stereocenters. The SMILES string of the molecule is Cc1ccc(OCc2cc(N)cc(N)c2)cc1. The van der Waals surface area contributed by atoms with Crippen molar-refractivity contribution >= 4 is 11.4 Å². The van der Waals surface area contributed by atoms with Crippen LogP contribution < -0.4 is 16.2 Å². The molecule has 0 heterocycles. The minimum atomic E-state index is 0.471. The van der Waals surface area contributed by atoms with Gasteiger partial charge in [0.1, 0.15) is 12.4 Å². The number of nitrogen functional groups attached to an aromatic ring is 2. The van der Waals surface area contributed by atoms with Crippen molar-refractivity contribution in [3.63, 3.8) is 0 Å². The summed E-state index contributed by atoms with van der Waals surface area (Å²) in [4.78, 5) is 0. The highest BCUT2D eigenvalue weighted by atomic mass is 16.5. The number of benzene rings is 2. The molecule has 0 bridgehead atoms. The number of hydrogen-bond acceptors (Lipinski definition) is 3. The number of anilines is 2. The van der Waals surface area contributed by atoms with E-state index in [4.69, 9.17) is 16.2 Å². The topological polar surface area (TPSA) is 61.3 Å². The first-order valence-electron chi connectivity index (χ1n) is 5.48. The lowest BCUT2D eigenvalue weighted by Crippen LogP contribution is -1.98. The molecule has 2 aromatic rings. The number of nitrogens with two attached hydrogens (primary N) is 2. The van der Waals surface area contributed by atoms with Gasteiger partial charge in [-0.05, 0) is 42.8 Å². The van der Waals surface area contributed by atoms with E-state index < -0.39 is 0 Å². The van der Waals surface area contributed by atoms with Gasteiger partial charge >= 0.3 is 0 Å². The van der Waals surface area contributed by atoms with Crippen LogP contribution >= 0.6 is 0 Å². The van der Waals surface area contributed by atoms with Gasteiger partial charge in [-0.25, -0.2) is 0 Å². The Balaban J connectivity index is 2.04. The summed E-state index contributed by atoms with van der Waals surface area (Å²) in [6.45, 7) is 2.51. The largest absolute Gasteiger partial charge is 0.489 e. The average molecular weight is 228 g/mol. The summed E-state index contributed by atoms with van der Waals surface area (Å²) in [5, 5.41) is 0. The second-order valence-corrected chi connectivity index (χ2v) is 4.11. The lowest BCUT2D eigenvalue weighted by atomic mass is 10.2. The van der Waals surface area contributed by atoms with Crippen molar-refractivity contribution in [2.24, 2.45) is 0 Å². The third kappa shape index (κ3) is 3.14. The maximum atomic E-state index is 5.71. The van der Waals surface area contributed by atoms with Crippen LogP contribution in [0.3, 0.4) is 0 Å². The molecule has 0 radical (unpaired) electrons. The van der Waals surface area contributed by atoms with Crippen molar-refractivity contribution in [3.8, 4) is 5.75 Å². The van der Waals surface area contributed by atoms with E-state index in [1.54, 1.807) is 6.07 Å². The predicted molar refractivity (Wildman–Crippen MR) is 70.8 cm³/mol. The second-order valence-electron chi connectivity index (χ2n) is 4.11. The molecule has 0 aliphatic heterocycles. The van der Waals surface area contributed by atoms with Gasteiger partial charge < -0.3 is 16.2 Å². The zero-order valence-electron chi connectivity index (χ0n) is 9.81. The molecule has 3 heteroatoms. The summed E-state index contributed by atoms with van der Waals surface area (Å²) in [6, 6.07) is 13.4. The minimum Gasteiger partial charge on any atom is -0.489 e. The van der Waals surface area contributed by atoms with Gasteiger partial charge in [0.2, 0.25) is 0 Å². The van der Waals surface area contributed by atoms with Crippen LogP contribution in [-0.2, 0) is 6.61 Å². The van der Waals surface area contributed by atoms with Crippen molar-refractivity contribution in [2.45, 2.75) is 13.5 Å². The van der Waals surface area contributed by atoms with Gasteiger partial charge in [0.25, 0.3) is 0 Å². The van der Waals surface area contributed by atoms with Crippen LogP contribution in [0.25, 0.3) is 0 Å². The standard InChI is InChI=1S/C14H16N2O/c1-10-2-4-14(5-3-10)17-9-11-6-12(15)8-13(16)7-11/h2-8H,9,15-16H2,1H3. The smallest absolute Gasteiger partial charge is 0.119 e. The molecule has 2 rings (SSSR count). The summed E-state index contributed by atoms with van der Waals surface area (Å²) in [7, 11) is 0. The van der Waals surface area contributed by atoms with Gasteiger partial charge in [-0.15, -0.1) is 0 Å². The Hall–Kier alpha value is -2.16. The first-order valence-corrected chi connectivity index (χ1v) is 5.48. The first-order chi connectivity index (χ1) is 8.13. The summed E-state index contributed by atoms with van der Waals surface area (Å²) in [5.41, 5.74) is 14.9. The molecular weight excluding hydrogens is 212 g/mol. The highest BCUT2D eigenvalue weighted by Crippen LogP contribution is 2.17. The van der Waals surface area contributed by atoms with Crippen molar-refractivity contribution in [3.05, 3.63) is 53.6 Å². The first kappa shape index (κ1) is 11.3. The molecule has 0 aliphatic rings. The molecule has 0 aliphatic carbocycles. The van der Waals surface area contributed by atoms with E-state index in [9.17, 15) is 0 Å². The van der Waals surface area contributed by atoms with Gasteiger partial charge in [0.05, 0.1) is 0 Å². The van der Waals surface area contributed by atoms with Crippen molar-refractivity contribution in [1.82, 2.24) is 0 Å². The zero-order chi connectivity index (χ0) is 12.3. The van der Waals surface area contributed by atoms with E-state index in [2.05, 4.69) is 0 Å². The monoisotopic (exact) mass is 228 g/mol. The van der Waals surface area contributed by atoms with Crippen molar-refractivity contribution in [2.75, 3.05) is 11.5 Å². The minimum absolute atomic E-state index is 0.471. The van der Waals surface area contributed by atoms with Crippen molar-refractivity contribution in [1.29, 1.82) is 0 Å². The van der Waals surface area contributed by atoms with E-state index in [1.807, 2.05) is 43.3 Å². The third-order valence-electron chi connectivity index (χ3n) is 2.46. The van der Waals surface area contributed by atoms with Crippen LogP contribution in [0.15, 0.2) is 42.5 Å². The number of ether oxygens (including phenoxy) is 1. The lowest BCUT2D eigenvalue weighted by Gasteiger charge is -2.08. The Kier molecular flexibility index (Phi) is 3.19. The summed E-state index contributed by atoms with van der Waals surface area (Å²) >= 11 is 0. The fourth-order valence-corrected chi connectivity index (χ4v) is 1.63. The summed E-state index contributed by atoms with van der Waals surface area (Å²) < 4.78 is 5.65. The Labute approximate surface area is 101 Å². The van der Waals surface area contributed by atoms with Crippen LogP contribution in [0.1, 0.15) is 11.1 Å². The van der Waals surface area contributed by atoms with E-state index in [0.29, 0.717) is 18.0 Å². The Morgan fingerprint density at radius 2 is 1.53 bits per heavy atom. The number of hydrogen-bond donors (Lipinski definition) is 2. The molecule has 4 N–H and O–H groups in total. The van der Waals surface area contributed by atoms with Crippen LogP contribution in [0.5, 0.6) is 5.75 Å². The van der Waals surface area contributed by atoms with Crippen LogP contribution in [-0.4, -0.2) is 0 Å². The van der Waals surface area contributed by atoms with Crippen molar-refractivity contribution < 1.29 is 4.74 Å². The van der Waals surface area contributed by atoms with Gasteiger partial charge in [0.15, 0.2) is 0 Å². The zero-order valence-corrected chi connectivity index (χ0v) is 9.81. The second kappa shape index (κ2) is 4.78. The molecule has 0 fully saturated rings. The van der Waals surface area contributed by atoms with E-state index in [1.165, 1.54) is 5.56 Å². The summed E-state index contributed by atoms with van der Waals surface area (Å²) in [6.07, 6.45) is 0. The maximum Gasteiger partial charge on any atom is 0.119 e. The highest BCUT2D eigenvalue weighted by molar-refractivity contribution is 5.54. The molecule has 0 unspecified atom stereocenters. The number of rotatable bonds is 3. The fraction of sp³-hybridized carbons (Fsp3) is 0.143. The Bertz CT molecular complexity index is 486. The van der Waals surface area contributed by atoms with E-state index in [-0.39, 0.29) is 0 Å². The maximum absolute atomic E-state index is 5.71. The lowest BCUT2D eigenvalue weighted by molar-refractivity contribution is 0.306. The molecule has 2 aromatic carbocycles. The van der Waals surface area contributed by atoms with Gasteiger partial charge in [-0.1, -0.05) is 17.7 Å².